The average molecular weight is 356 g/mol. The van der Waals surface area contributed by atoms with E-state index in [-0.39, 0.29) is 30.9 Å². The largest absolute Gasteiger partial charge is 0.380 e. The van der Waals surface area contributed by atoms with Crippen LogP contribution in [0.4, 0.5) is 0 Å². The van der Waals surface area contributed by atoms with E-state index >= 15 is 0 Å². The molecule has 2 aliphatic rings. The van der Waals surface area contributed by atoms with E-state index in [1.807, 2.05) is 6.92 Å². The zero-order valence-corrected chi connectivity index (χ0v) is 15.4. The van der Waals surface area contributed by atoms with E-state index in [2.05, 4.69) is 22.0 Å². The van der Waals surface area contributed by atoms with E-state index in [9.17, 15) is 4.79 Å². The molecular formula is C15H31Cl2N3O2. The Labute approximate surface area is 146 Å². The number of nitrogens with zero attached hydrogens (tertiary/aromatic N) is 2. The van der Waals surface area contributed by atoms with Gasteiger partial charge in [-0.2, -0.15) is 0 Å². The fourth-order valence-electron chi connectivity index (χ4n) is 3.22. The van der Waals surface area contributed by atoms with E-state index < -0.39 is 0 Å². The Hall–Kier alpha value is -0.0700. The number of nitrogens with one attached hydrogen (secondary N) is 1. The third-order valence-electron chi connectivity index (χ3n) is 4.47. The number of carbonyl (C=O) groups is 1. The Morgan fingerprint density at radius 2 is 2.05 bits per heavy atom. The van der Waals surface area contributed by atoms with Crippen LogP contribution in [0.15, 0.2) is 0 Å². The first-order chi connectivity index (χ1) is 9.76. The molecule has 0 radical (unpaired) electrons. The summed E-state index contributed by atoms with van der Waals surface area (Å²) in [4.78, 5) is 17.0. The van der Waals surface area contributed by atoms with E-state index in [0.717, 1.165) is 65.2 Å². The van der Waals surface area contributed by atoms with Gasteiger partial charge >= 0.3 is 0 Å². The lowest BCUT2D eigenvalue weighted by molar-refractivity contribution is -0.136. The Bertz CT molecular complexity index is 315. The summed E-state index contributed by atoms with van der Waals surface area (Å²) in [6.07, 6.45) is 3.22. The Morgan fingerprint density at radius 1 is 1.27 bits per heavy atom. The highest BCUT2D eigenvalue weighted by Crippen LogP contribution is 2.16. The maximum atomic E-state index is 12.4. The predicted molar refractivity (Wildman–Crippen MR) is 94.2 cm³/mol. The van der Waals surface area contributed by atoms with Crippen molar-refractivity contribution in [2.45, 2.75) is 45.2 Å². The molecule has 0 bridgehead atoms. The SMILES string of the molecule is CCOCCN1CCN(C(=O)C2CCCN2)CC1CC.Cl.Cl. The minimum absolute atomic E-state index is 0. The van der Waals surface area contributed by atoms with Crippen LogP contribution in [-0.2, 0) is 9.53 Å². The molecule has 0 spiro atoms. The average Bonchev–Trinajstić information content (AvgIpc) is 3.01. The van der Waals surface area contributed by atoms with Crippen molar-refractivity contribution in [2.24, 2.45) is 0 Å². The first-order valence-corrected chi connectivity index (χ1v) is 8.10. The van der Waals surface area contributed by atoms with Crippen molar-refractivity contribution in [3.8, 4) is 0 Å². The summed E-state index contributed by atoms with van der Waals surface area (Å²) in [6.45, 7) is 10.5. The second-order valence-electron chi connectivity index (χ2n) is 5.73. The smallest absolute Gasteiger partial charge is 0.239 e. The molecule has 2 fully saturated rings. The van der Waals surface area contributed by atoms with Gasteiger partial charge in [0.15, 0.2) is 0 Å². The molecule has 132 valence electrons. The van der Waals surface area contributed by atoms with Crippen LogP contribution in [0.3, 0.4) is 0 Å². The quantitative estimate of drug-likeness (QED) is 0.734. The molecular weight excluding hydrogens is 325 g/mol. The summed E-state index contributed by atoms with van der Waals surface area (Å²) in [6, 6.07) is 0.553. The van der Waals surface area contributed by atoms with Crippen LogP contribution >= 0.6 is 24.8 Å². The Balaban J connectivity index is 0.00000220. The lowest BCUT2D eigenvalue weighted by atomic mass is 10.1. The third kappa shape index (κ3) is 5.85. The van der Waals surface area contributed by atoms with Gasteiger partial charge in [0.25, 0.3) is 0 Å². The first kappa shape index (κ1) is 21.9. The molecule has 2 unspecified atom stereocenters. The van der Waals surface area contributed by atoms with Crippen LogP contribution in [0.2, 0.25) is 0 Å². The molecule has 0 aromatic carbocycles. The number of piperazine rings is 1. The van der Waals surface area contributed by atoms with Crippen molar-refractivity contribution < 1.29 is 9.53 Å². The summed E-state index contributed by atoms with van der Waals surface area (Å²) in [5.74, 6) is 0.311. The molecule has 5 nitrogen and oxygen atoms in total. The number of ether oxygens (including phenoxy) is 1. The van der Waals surface area contributed by atoms with Gasteiger partial charge in [-0.1, -0.05) is 6.92 Å². The zero-order chi connectivity index (χ0) is 14.4. The highest BCUT2D eigenvalue weighted by Gasteiger charge is 2.32. The van der Waals surface area contributed by atoms with Crippen molar-refractivity contribution in [1.82, 2.24) is 15.1 Å². The number of carbonyl (C=O) groups excluding carboxylic acids is 1. The molecule has 2 aliphatic heterocycles. The van der Waals surface area contributed by atoms with Crippen molar-refractivity contribution in [3.63, 3.8) is 0 Å². The number of hydrogen-bond donors (Lipinski definition) is 1. The van der Waals surface area contributed by atoms with Gasteiger partial charge in [0.1, 0.15) is 0 Å². The monoisotopic (exact) mass is 355 g/mol. The molecule has 0 saturated carbocycles. The Kier molecular flexibility index (Phi) is 11.4. The lowest BCUT2D eigenvalue weighted by Crippen LogP contribution is -2.57. The van der Waals surface area contributed by atoms with Gasteiger partial charge < -0.3 is 15.0 Å². The van der Waals surface area contributed by atoms with E-state index in [0.29, 0.717) is 11.9 Å². The first-order valence-electron chi connectivity index (χ1n) is 8.10. The van der Waals surface area contributed by atoms with Gasteiger partial charge in [0.2, 0.25) is 5.91 Å². The minimum atomic E-state index is 0. The van der Waals surface area contributed by atoms with Crippen molar-refractivity contribution in [1.29, 1.82) is 0 Å². The lowest BCUT2D eigenvalue weighted by Gasteiger charge is -2.42. The number of hydrogen-bond acceptors (Lipinski definition) is 4. The highest BCUT2D eigenvalue weighted by molar-refractivity contribution is 5.85. The topological polar surface area (TPSA) is 44.8 Å². The molecule has 0 aliphatic carbocycles. The van der Waals surface area contributed by atoms with Gasteiger partial charge in [-0.15, -0.1) is 24.8 Å². The molecule has 0 aromatic heterocycles. The van der Waals surface area contributed by atoms with Crippen LogP contribution in [-0.4, -0.2) is 73.7 Å². The van der Waals surface area contributed by atoms with Gasteiger partial charge in [0, 0.05) is 38.8 Å². The summed E-state index contributed by atoms with van der Waals surface area (Å²) >= 11 is 0. The van der Waals surface area contributed by atoms with Gasteiger partial charge in [-0.3, -0.25) is 9.69 Å². The molecule has 0 aromatic rings. The molecule has 7 heteroatoms. The Morgan fingerprint density at radius 3 is 2.64 bits per heavy atom. The maximum Gasteiger partial charge on any atom is 0.239 e. The number of halogens is 2. The molecule has 2 rings (SSSR count). The van der Waals surface area contributed by atoms with Crippen molar-refractivity contribution >= 4 is 30.7 Å². The second-order valence-corrected chi connectivity index (χ2v) is 5.73. The van der Waals surface area contributed by atoms with E-state index in [1.165, 1.54) is 0 Å². The molecule has 2 saturated heterocycles. The summed E-state index contributed by atoms with van der Waals surface area (Å²) in [5.41, 5.74) is 0. The molecule has 1 N–H and O–H groups in total. The fourth-order valence-corrected chi connectivity index (χ4v) is 3.22. The maximum absolute atomic E-state index is 12.4. The van der Waals surface area contributed by atoms with Crippen LogP contribution in [0.1, 0.15) is 33.1 Å². The molecule has 2 heterocycles. The molecule has 1 amide bonds. The zero-order valence-electron chi connectivity index (χ0n) is 13.8. The minimum Gasteiger partial charge on any atom is -0.380 e. The molecule has 22 heavy (non-hydrogen) atoms. The fraction of sp³-hybridized carbons (Fsp3) is 0.933. The van der Waals surface area contributed by atoms with Gasteiger partial charge in [0.05, 0.1) is 12.6 Å². The summed E-state index contributed by atoms with van der Waals surface area (Å²) in [5, 5.41) is 3.31. The molecule has 2 atom stereocenters. The number of rotatable bonds is 6. The number of amides is 1. The highest BCUT2D eigenvalue weighted by atomic mass is 35.5. The van der Waals surface area contributed by atoms with E-state index in [4.69, 9.17) is 4.74 Å². The van der Waals surface area contributed by atoms with Crippen LogP contribution in [0, 0.1) is 0 Å². The van der Waals surface area contributed by atoms with Gasteiger partial charge in [-0.05, 0) is 32.7 Å². The van der Waals surface area contributed by atoms with Crippen LogP contribution in [0.5, 0.6) is 0 Å². The van der Waals surface area contributed by atoms with Crippen LogP contribution < -0.4 is 5.32 Å². The standard InChI is InChI=1S/C15H29N3O2.2ClH/c1-3-13-12-18(15(19)14-6-5-7-16-14)9-8-17(13)10-11-20-4-2;;/h13-14,16H,3-12H2,1-2H3;2*1H. The normalized spacial score (nSPS) is 25.5. The summed E-state index contributed by atoms with van der Waals surface area (Å²) < 4.78 is 5.45. The van der Waals surface area contributed by atoms with Crippen molar-refractivity contribution in [2.75, 3.05) is 45.9 Å². The summed E-state index contributed by atoms with van der Waals surface area (Å²) in [7, 11) is 0. The van der Waals surface area contributed by atoms with Crippen molar-refractivity contribution in [3.05, 3.63) is 0 Å². The third-order valence-corrected chi connectivity index (χ3v) is 4.47. The van der Waals surface area contributed by atoms with E-state index in [1.54, 1.807) is 0 Å². The van der Waals surface area contributed by atoms with Crippen LogP contribution in [0.25, 0.3) is 0 Å². The second kappa shape index (κ2) is 11.5. The predicted octanol–water partition coefficient (Wildman–Crippen LogP) is 1.54. The van der Waals surface area contributed by atoms with Gasteiger partial charge in [-0.25, -0.2) is 0 Å².